The second-order valence-corrected chi connectivity index (χ2v) is 6.47. The minimum Gasteiger partial charge on any atom is -0.492 e. The summed E-state index contributed by atoms with van der Waals surface area (Å²) < 4.78 is 16.4. The number of benzene rings is 1. The summed E-state index contributed by atoms with van der Waals surface area (Å²) >= 11 is 0. The van der Waals surface area contributed by atoms with E-state index in [1.165, 1.54) is 0 Å². The van der Waals surface area contributed by atoms with E-state index in [-0.39, 0.29) is 11.9 Å². The molecule has 2 aromatic rings. The van der Waals surface area contributed by atoms with Crippen molar-refractivity contribution in [3.8, 4) is 5.75 Å². The van der Waals surface area contributed by atoms with Gasteiger partial charge >= 0.3 is 0 Å². The van der Waals surface area contributed by atoms with Gasteiger partial charge < -0.3 is 24.6 Å². The Bertz CT molecular complexity index is 763. The molecule has 29 heavy (non-hydrogen) atoms. The molecule has 3 rings (SSSR count). The van der Waals surface area contributed by atoms with Crippen molar-refractivity contribution in [3.05, 3.63) is 42.0 Å². The van der Waals surface area contributed by atoms with Gasteiger partial charge in [0, 0.05) is 32.6 Å². The van der Waals surface area contributed by atoms with Gasteiger partial charge in [-0.1, -0.05) is 23.4 Å². The summed E-state index contributed by atoms with van der Waals surface area (Å²) in [4.78, 5) is 29.0. The van der Waals surface area contributed by atoms with Crippen LogP contribution >= 0.6 is 0 Å². The second kappa shape index (κ2) is 11.1. The topological polar surface area (TPSA) is 119 Å². The van der Waals surface area contributed by atoms with Crippen LogP contribution in [0.5, 0.6) is 5.75 Å². The van der Waals surface area contributed by atoms with Crippen LogP contribution in [0.4, 0.5) is 0 Å². The number of nitrogens with one attached hydrogen (secondary N) is 2. The third kappa shape index (κ3) is 6.54. The zero-order valence-electron chi connectivity index (χ0n) is 16.1. The van der Waals surface area contributed by atoms with E-state index in [9.17, 15) is 9.59 Å². The van der Waals surface area contributed by atoms with Crippen LogP contribution in [0.1, 0.15) is 16.5 Å². The summed E-state index contributed by atoms with van der Waals surface area (Å²) in [6, 6.07) is 9.54. The summed E-state index contributed by atoms with van der Waals surface area (Å²) in [7, 11) is 0. The van der Waals surface area contributed by atoms with Gasteiger partial charge in [0.1, 0.15) is 12.4 Å². The number of nitrogens with zero attached hydrogens (tertiary/aromatic N) is 3. The fourth-order valence-electron chi connectivity index (χ4n) is 2.92. The molecule has 0 spiro atoms. The van der Waals surface area contributed by atoms with Gasteiger partial charge in [-0.3, -0.25) is 14.5 Å². The molecule has 2 amide bonds. The number of rotatable bonds is 11. The molecule has 1 aliphatic rings. The Labute approximate surface area is 168 Å². The molecule has 1 unspecified atom stereocenters. The molecule has 10 nitrogen and oxygen atoms in total. The Morgan fingerprint density at radius 2 is 2.07 bits per heavy atom. The van der Waals surface area contributed by atoms with Gasteiger partial charge in [-0.15, -0.1) is 0 Å². The van der Waals surface area contributed by atoms with Crippen molar-refractivity contribution in [1.29, 1.82) is 0 Å². The molecule has 0 aliphatic carbocycles. The van der Waals surface area contributed by atoms with Gasteiger partial charge in [0.2, 0.25) is 12.3 Å². The van der Waals surface area contributed by atoms with E-state index in [4.69, 9.17) is 14.0 Å². The molecule has 1 saturated heterocycles. The highest BCUT2D eigenvalue weighted by Crippen LogP contribution is 2.11. The molecule has 1 aromatic heterocycles. The van der Waals surface area contributed by atoms with E-state index in [2.05, 4.69) is 25.7 Å². The van der Waals surface area contributed by atoms with Crippen molar-refractivity contribution in [2.24, 2.45) is 0 Å². The summed E-state index contributed by atoms with van der Waals surface area (Å²) in [5.41, 5.74) is 0. The van der Waals surface area contributed by atoms with Gasteiger partial charge in [0.05, 0.1) is 19.3 Å². The first-order chi connectivity index (χ1) is 14.3. The maximum absolute atomic E-state index is 12.4. The van der Waals surface area contributed by atoms with Crippen LogP contribution in [-0.2, 0) is 16.0 Å². The van der Waals surface area contributed by atoms with Gasteiger partial charge in [0.25, 0.3) is 11.7 Å². The van der Waals surface area contributed by atoms with Gasteiger partial charge in [0.15, 0.2) is 0 Å². The lowest BCUT2D eigenvalue weighted by molar-refractivity contribution is -0.109. The highest BCUT2D eigenvalue weighted by atomic mass is 16.5. The SMILES string of the molecule is O=CNCCc1nc(C(=O)NCC(COc2ccccc2)N2CCOCC2)no1. The predicted molar refractivity (Wildman–Crippen MR) is 103 cm³/mol. The zero-order chi connectivity index (χ0) is 20.3. The van der Waals surface area contributed by atoms with Crippen LogP contribution in [0, 0.1) is 0 Å². The fourth-order valence-corrected chi connectivity index (χ4v) is 2.92. The normalized spacial score (nSPS) is 15.4. The fraction of sp³-hybridized carbons (Fsp3) is 0.474. The number of morpholine rings is 1. The molecule has 2 N–H and O–H groups in total. The molecule has 10 heteroatoms. The number of hydrogen-bond donors (Lipinski definition) is 2. The Morgan fingerprint density at radius 3 is 2.83 bits per heavy atom. The molecular weight excluding hydrogens is 378 g/mol. The standard InChI is InChI=1S/C19H25N5O5/c25-14-20-7-6-17-22-18(23-29-17)19(26)21-12-15(24-8-10-27-11-9-24)13-28-16-4-2-1-3-5-16/h1-5,14-15H,6-13H2,(H,20,25)(H,21,26). The molecule has 156 valence electrons. The Kier molecular flexibility index (Phi) is 7.96. The predicted octanol–water partition coefficient (Wildman–Crippen LogP) is -0.132. The number of carbonyl (C=O) groups excluding carboxylic acids is 2. The second-order valence-electron chi connectivity index (χ2n) is 6.47. The quantitative estimate of drug-likeness (QED) is 0.393. The monoisotopic (exact) mass is 403 g/mol. The molecule has 0 radical (unpaired) electrons. The first kappa shape index (κ1) is 20.7. The van der Waals surface area contributed by atoms with Crippen LogP contribution in [0.25, 0.3) is 0 Å². The minimum absolute atomic E-state index is 0.0220. The van der Waals surface area contributed by atoms with Crippen molar-refractivity contribution in [2.45, 2.75) is 12.5 Å². The summed E-state index contributed by atoms with van der Waals surface area (Å²) in [5, 5.41) is 9.06. The van der Waals surface area contributed by atoms with Crippen molar-refractivity contribution in [1.82, 2.24) is 25.7 Å². The Hall–Kier alpha value is -2.98. The van der Waals surface area contributed by atoms with Gasteiger partial charge in [-0.05, 0) is 12.1 Å². The van der Waals surface area contributed by atoms with Crippen molar-refractivity contribution in [2.75, 3.05) is 46.0 Å². The first-order valence-corrected chi connectivity index (χ1v) is 9.53. The lowest BCUT2D eigenvalue weighted by atomic mass is 10.2. The Morgan fingerprint density at radius 1 is 1.28 bits per heavy atom. The third-order valence-corrected chi connectivity index (χ3v) is 4.48. The molecule has 1 aliphatic heterocycles. The smallest absolute Gasteiger partial charge is 0.292 e. The lowest BCUT2D eigenvalue weighted by Crippen LogP contribution is -2.51. The summed E-state index contributed by atoms with van der Waals surface area (Å²) in [5.74, 6) is 0.627. The third-order valence-electron chi connectivity index (χ3n) is 4.48. The maximum atomic E-state index is 12.4. The highest BCUT2D eigenvalue weighted by molar-refractivity contribution is 5.90. The van der Waals surface area contributed by atoms with E-state index in [1.807, 2.05) is 30.3 Å². The highest BCUT2D eigenvalue weighted by Gasteiger charge is 2.23. The molecule has 0 bridgehead atoms. The largest absolute Gasteiger partial charge is 0.492 e. The molecule has 1 fully saturated rings. The lowest BCUT2D eigenvalue weighted by Gasteiger charge is -2.34. The number of hydrogen-bond acceptors (Lipinski definition) is 8. The molecule has 1 atom stereocenters. The zero-order valence-corrected chi connectivity index (χ0v) is 16.1. The van der Waals surface area contributed by atoms with Crippen molar-refractivity contribution in [3.63, 3.8) is 0 Å². The van der Waals surface area contributed by atoms with E-state index < -0.39 is 5.91 Å². The van der Waals surface area contributed by atoms with E-state index in [1.54, 1.807) is 0 Å². The van der Waals surface area contributed by atoms with Crippen LogP contribution in [0.2, 0.25) is 0 Å². The van der Waals surface area contributed by atoms with E-state index >= 15 is 0 Å². The molecule has 0 saturated carbocycles. The summed E-state index contributed by atoms with van der Waals surface area (Å²) in [6.07, 6.45) is 0.952. The number of para-hydroxylation sites is 1. The number of amides is 2. The molecule has 1 aromatic carbocycles. The number of carbonyl (C=O) groups is 2. The van der Waals surface area contributed by atoms with Gasteiger partial charge in [-0.2, -0.15) is 4.98 Å². The first-order valence-electron chi connectivity index (χ1n) is 9.53. The molecular formula is C19H25N5O5. The Balaban J connectivity index is 1.54. The van der Waals surface area contributed by atoms with Crippen molar-refractivity contribution < 1.29 is 23.6 Å². The number of aromatic nitrogens is 2. The van der Waals surface area contributed by atoms with Crippen LogP contribution < -0.4 is 15.4 Å². The van der Waals surface area contributed by atoms with E-state index in [0.717, 1.165) is 18.8 Å². The summed E-state index contributed by atoms with van der Waals surface area (Å²) in [6.45, 7) is 4.02. The van der Waals surface area contributed by atoms with E-state index in [0.29, 0.717) is 51.6 Å². The van der Waals surface area contributed by atoms with Crippen LogP contribution in [0.15, 0.2) is 34.9 Å². The van der Waals surface area contributed by atoms with Crippen LogP contribution in [-0.4, -0.2) is 79.4 Å². The minimum atomic E-state index is -0.415. The van der Waals surface area contributed by atoms with Gasteiger partial charge in [-0.25, -0.2) is 0 Å². The average molecular weight is 403 g/mol. The number of ether oxygens (including phenoxy) is 2. The maximum Gasteiger partial charge on any atom is 0.292 e. The van der Waals surface area contributed by atoms with Crippen LogP contribution in [0.3, 0.4) is 0 Å². The van der Waals surface area contributed by atoms with Crippen molar-refractivity contribution >= 4 is 12.3 Å². The molecule has 2 heterocycles. The average Bonchev–Trinajstić information content (AvgIpc) is 3.24.